The quantitative estimate of drug-likeness (QED) is 0.772. The molecule has 18 heavy (non-hydrogen) atoms. The van der Waals surface area contributed by atoms with Crippen LogP contribution in [0.25, 0.3) is 0 Å². The molecule has 1 aliphatic heterocycles. The zero-order chi connectivity index (χ0) is 13.6. The van der Waals surface area contributed by atoms with Gasteiger partial charge in [-0.05, 0) is 25.3 Å². The molecule has 2 nitrogen and oxygen atoms in total. The second-order valence-electron chi connectivity index (χ2n) is 6.20. The molecule has 0 amide bonds. The average Bonchev–Trinajstić information content (AvgIpc) is 2.96. The fourth-order valence-electron chi connectivity index (χ4n) is 3.30. The highest BCUT2D eigenvalue weighted by atomic mass is 19.4. The minimum absolute atomic E-state index is 0.194. The maximum absolute atomic E-state index is 13.2. The highest BCUT2D eigenvalue weighted by Crippen LogP contribution is 2.66. The summed E-state index contributed by atoms with van der Waals surface area (Å²) in [6.45, 7) is 7.76. The molecule has 0 spiro atoms. The number of hydrogen-bond donors (Lipinski definition) is 0. The minimum atomic E-state index is -4.04. The van der Waals surface area contributed by atoms with Crippen molar-refractivity contribution in [3.63, 3.8) is 0 Å². The molecule has 1 heterocycles. The summed E-state index contributed by atoms with van der Waals surface area (Å²) in [4.78, 5) is 4.42. The van der Waals surface area contributed by atoms with Crippen molar-refractivity contribution in [2.75, 3.05) is 39.8 Å². The largest absolute Gasteiger partial charge is 0.395 e. The van der Waals surface area contributed by atoms with Crippen LogP contribution in [0.4, 0.5) is 13.2 Å². The van der Waals surface area contributed by atoms with Gasteiger partial charge in [0.2, 0.25) is 0 Å². The molecule has 0 aromatic rings. The molecule has 2 atom stereocenters. The predicted octanol–water partition coefficient (Wildman–Crippen LogP) is 2.46. The Morgan fingerprint density at radius 1 is 1.17 bits per heavy atom. The lowest BCUT2D eigenvalue weighted by molar-refractivity contribution is -0.205. The lowest BCUT2D eigenvalue weighted by Crippen LogP contribution is -2.46. The van der Waals surface area contributed by atoms with Crippen LogP contribution in [0.3, 0.4) is 0 Å². The van der Waals surface area contributed by atoms with Crippen molar-refractivity contribution in [3.8, 4) is 0 Å². The average molecular weight is 264 g/mol. The van der Waals surface area contributed by atoms with Crippen molar-refractivity contribution >= 4 is 0 Å². The molecule has 1 saturated heterocycles. The molecule has 0 radical (unpaired) electrons. The molecule has 0 N–H and O–H groups in total. The van der Waals surface area contributed by atoms with Gasteiger partial charge in [0.1, 0.15) is 0 Å². The van der Waals surface area contributed by atoms with Gasteiger partial charge in [-0.1, -0.05) is 13.8 Å². The van der Waals surface area contributed by atoms with Crippen LogP contribution < -0.4 is 0 Å². The van der Waals surface area contributed by atoms with Crippen LogP contribution in [0.1, 0.15) is 20.3 Å². The third kappa shape index (κ3) is 2.39. The van der Waals surface area contributed by atoms with E-state index in [1.165, 1.54) is 0 Å². The van der Waals surface area contributed by atoms with E-state index >= 15 is 0 Å². The summed E-state index contributed by atoms with van der Waals surface area (Å²) in [6, 6.07) is 0. The van der Waals surface area contributed by atoms with E-state index in [2.05, 4.69) is 16.8 Å². The normalized spacial score (nSPS) is 35.2. The van der Waals surface area contributed by atoms with E-state index in [0.717, 1.165) is 26.2 Å². The SMILES string of the molecule is CC(C)C1(C(F)(F)F)CC1CN1CCN(C)CC1. The van der Waals surface area contributed by atoms with Crippen LogP contribution in [0.15, 0.2) is 0 Å². The van der Waals surface area contributed by atoms with Gasteiger partial charge in [0, 0.05) is 32.7 Å². The highest BCUT2D eigenvalue weighted by molar-refractivity contribution is 5.09. The van der Waals surface area contributed by atoms with Crippen molar-refractivity contribution < 1.29 is 13.2 Å². The summed E-state index contributed by atoms with van der Waals surface area (Å²) in [6.07, 6.45) is -3.72. The van der Waals surface area contributed by atoms with Gasteiger partial charge in [-0.15, -0.1) is 0 Å². The van der Waals surface area contributed by atoms with Gasteiger partial charge in [-0.25, -0.2) is 0 Å². The molecule has 1 saturated carbocycles. The van der Waals surface area contributed by atoms with Crippen molar-refractivity contribution in [2.24, 2.45) is 17.3 Å². The molecule has 106 valence electrons. The third-order valence-corrected chi connectivity index (χ3v) is 4.79. The first kappa shape index (κ1) is 14.1. The second-order valence-corrected chi connectivity index (χ2v) is 6.20. The van der Waals surface area contributed by atoms with Crippen LogP contribution in [0, 0.1) is 17.3 Å². The Bertz CT molecular complexity index is 295. The van der Waals surface area contributed by atoms with Crippen molar-refractivity contribution in [1.82, 2.24) is 9.80 Å². The zero-order valence-corrected chi connectivity index (χ0v) is 11.4. The van der Waals surface area contributed by atoms with Gasteiger partial charge in [-0.2, -0.15) is 13.2 Å². The smallest absolute Gasteiger partial charge is 0.304 e. The van der Waals surface area contributed by atoms with Gasteiger partial charge in [0.15, 0.2) is 0 Å². The summed E-state index contributed by atoms with van der Waals surface area (Å²) in [5.74, 6) is -0.504. The Morgan fingerprint density at radius 2 is 1.72 bits per heavy atom. The van der Waals surface area contributed by atoms with Crippen LogP contribution in [-0.4, -0.2) is 55.7 Å². The molecular formula is C13H23F3N2. The highest BCUT2D eigenvalue weighted by Gasteiger charge is 2.71. The van der Waals surface area contributed by atoms with Crippen LogP contribution in [0.5, 0.6) is 0 Å². The number of likely N-dealkylation sites (N-methyl/N-ethyl adjacent to an activating group) is 1. The number of halogens is 3. The first-order valence-corrected chi connectivity index (χ1v) is 6.75. The molecule has 2 aliphatic rings. The number of hydrogen-bond acceptors (Lipinski definition) is 2. The third-order valence-electron chi connectivity index (χ3n) is 4.79. The summed E-state index contributed by atoms with van der Waals surface area (Å²) < 4.78 is 39.6. The van der Waals surface area contributed by atoms with Crippen molar-refractivity contribution in [2.45, 2.75) is 26.4 Å². The van der Waals surface area contributed by atoms with Gasteiger partial charge < -0.3 is 9.80 Å². The second kappa shape index (κ2) is 4.67. The summed E-state index contributed by atoms with van der Waals surface area (Å²) >= 11 is 0. The van der Waals surface area contributed by atoms with E-state index in [1.807, 2.05) is 0 Å². The van der Waals surface area contributed by atoms with Gasteiger partial charge in [-0.3, -0.25) is 0 Å². The monoisotopic (exact) mass is 264 g/mol. The lowest BCUT2D eigenvalue weighted by atomic mass is 9.89. The zero-order valence-electron chi connectivity index (χ0n) is 11.4. The molecule has 1 aliphatic carbocycles. The molecule has 0 bridgehead atoms. The molecule has 5 heteroatoms. The first-order chi connectivity index (χ1) is 8.27. The lowest BCUT2D eigenvalue weighted by Gasteiger charge is -2.33. The Labute approximate surface area is 107 Å². The fraction of sp³-hybridized carbons (Fsp3) is 1.00. The van der Waals surface area contributed by atoms with Crippen LogP contribution in [0.2, 0.25) is 0 Å². The van der Waals surface area contributed by atoms with Crippen LogP contribution in [-0.2, 0) is 0 Å². The molecule has 0 aromatic heterocycles. The Morgan fingerprint density at radius 3 is 2.11 bits per heavy atom. The number of alkyl halides is 3. The first-order valence-electron chi connectivity index (χ1n) is 6.75. The predicted molar refractivity (Wildman–Crippen MR) is 65.4 cm³/mol. The summed E-state index contributed by atoms with van der Waals surface area (Å²) in [5.41, 5.74) is -1.41. The molecule has 0 aromatic carbocycles. The summed E-state index contributed by atoms with van der Waals surface area (Å²) in [5, 5.41) is 0. The van der Waals surface area contributed by atoms with E-state index in [4.69, 9.17) is 0 Å². The number of rotatable bonds is 3. The van der Waals surface area contributed by atoms with Crippen LogP contribution >= 0.6 is 0 Å². The summed E-state index contributed by atoms with van der Waals surface area (Å²) in [7, 11) is 2.06. The standard InChI is InChI=1S/C13H23F3N2/c1-10(2)12(13(14,15)16)8-11(12)9-18-6-4-17(3)5-7-18/h10-11H,4-9H2,1-3H3. The van der Waals surface area contributed by atoms with Gasteiger partial charge in [0.25, 0.3) is 0 Å². The van der Waals surface area contributed by atoms with E-state index in [0.29, 0.717) is 13.0 Å². The van der Waals surface area contributed by atoms with E-state index in [-0.39, 0.29) is 11.8 Å². The van der Waals surface area contributed by atoms with E-state index in [1.54, 1.807) is 13.8 Å². The number of piperazine rings is 1. The maximum Gasteiger partial charge on any atom is 0.395 e. The van der Waals surface area contributed by atoms with Gasteiger partial charge in [0.05, 0.1) is 5.41 Å². The Hall–Kier alpha value is -0.290. The molecule has 2 fully saturated rings. The maximum atomic E-state index is 13.2. The van der Waals surface area contributed by atoms with Gasteiger partial charge >= 0.3 is 6.18 Å². The Kier molecular flexibility index (Phi) is 3.67. The van der Waals surface area contributed by atoms with Crippen molar-refractivity contribution in [3.05, 3.63) is 0 Å². The van der Waals surface area contributed by atoms with E-state index in [9.17, 15) is 13.2 Å². The topological polar surface area (TPSA) is 6.48 Å². The molecular weight excluding hydrogens is 241 g/mol. The Balaban J connectivity index is 1.93. The molecule has 2 rings (SSSR count). The fourth-order valence-corrected chi connectivity index (χ4v) is 3.30. The van der Waals surface area contributed by atoms with E-state index < -0.39 is 11.6 Å². The minimum Gasteiger partial charge on any atom is -0.304 e. The number of nitrogens with zero attached hydrogens (tertiary/aromatic N) is 2. The van der Waals surface area contributed by atoms with Crippen molar-refractivity contribution in [1.29, 1.82) is 0 Å². The molecule has 2 unspecified atom stereocenters.